The van der Waals surface area contributed by atoms with Crippen LogP contribution in [0.15, 0.2) is 76.4 Å². The molecule has 7 aliphatic heterocycles. The van der Waals surface area contributed by atoms with Gasteiger partial charge in [-0.25, -0.2) is 4.79 Å². The van der Waals surface area contributed by atoms with Crippen molar-refractivity contribution in [3.63, 3.8) is 0 Å². The first-order valence-electron chi connectivity index (χ1n) is 28.2. The maximum Gasteiger partial charge on any atom is 0.339 e. The number of carbonyl (C=O) groups excluding carboxylic acids is 2. The van der Waals surface area contributed by atoms with Gasteiger partial charge in [0.25, 0.3) is 0 Å². The van der Waals surface area contributed by atoms with Crippen LogP contribution in [0.2, 0.25) is 0 Å². The van der Waals surface area contributed by atoms with E-state index in [9.17, 15) is 5.11 Å². The molecule has 8 aliphatic carbocycles. The number of ether oxygens (including phenoxy) is 2. The number of aryl methyl sites for hydroxylation is 1. The highest BCUT2D eigenvalue weighted by Crippen LogP contribution is 2.88. The van der Waals surface area contributed by atoms with Gasteiger partial charge in [0.15, 0.2) is 11.4 Å². The zero-order chi connectivity index (χ0) is 45.4. The summed E-state index contributed by atoms with van der Waals surface area (Å²) in [6.45, 7) is 7.68. The number of hydrogen-bond acceptors (Lipinski definition) is 8. The van der Waals surface area contributed by atoms with E-state index in [4.69, 9.17) is 15.2 Å². The van der Waals surface area contributed by atoms with Crippen LogP contribution in [-0.4, -0.2) is 64.6 Å². The van der Waals surface area contributed by atoms with Crippen molar-refractivity contribution in [1.82, 2.24) is 9.80 Å². The molecule has 3 N–H and O–H groups in total. The maximum absolute atomic E-state index is 16.4. The maximum atomic E-state index is 16.4. The Labute approximate surface area is 403 Å². The Hall–Kier alpha value is -3.62. The number of carbonyl (C=O) groups is 2. The van der Waals surface area contributed by atoms with E-state index in [2.05, 4.69) is 66.2 Å². The lowest BCUT2D eigenvalue weighted by Gasteiger charge is -2.73. The van der Waals surface area contributed by atoms with E-state index in [1.165, 1.54) is 75.4 Å². The predicted octanol–water partition coefficient (Wildman–Crippen LogP) is 10.5. The van der Waals surface area contributed by atoms with Gasteiger partial charge < -0.3 is 25.2 Å². The number of piperidine rings is 3. The van der Waals surface area contributed by atoms with Crippen LogP contribution in [0, 0.1) is 87.3 Å². The summed E-state index contributed by atoms with van der Waals surface area (Å²) in [6, 6.07) is 7.61. The van der Waals surface area contributed by atoms with Crippen LogP contribution in [-0.2, 0) is 26.3 Å². The Morgan fingerprint density at radius 3 is 2.69 bits per heavy atom. The van der Waals surface area contributed by atoms with Crippen LogP contribution in [0.4, 0.5) is 0 Å². The molecule has 16 rings (SSSR count). The molecule has 358 valence electrons. The summed E-state index contributed by atoms with van der Waals surface area (Å²) in [5.41, 5.74) is 12.1. The molecule has 15 aliphatic rings. The minimum atomic E-state index is -1.14. The van der Waals surface area contributed by atoms with Gasteiger partial charge in [0.2, 0.25) is 0 Å². The van der Waals surface area contributed by atoms with E-state index < -0.39 is 16.4 Å². The third kappa shape index (κ3) is 4.59. The summed E-state index contributed by atoms with van der Waals surface area (Å²) >= 11 is 0. The highest BCUT2D eigenvalue weighted by Gasteiger charge is 2.94. The number of nitrogens with two attached hydrogens (primary N) is 1. The van der Waals surface area contributed by atoms with Crippen molar-refractivity contribution in [3.8, 4) is 0 Å². The third-order valence-corrected chi connectivity index (χ3v) is 24.0. The molecule has 1 aromatic rings. The topological polar surface area (TPSA) is 105 Å². The van der Waals surface area contributed by atoms with E-state index in [0.717, 1.165) is 56.3 Å². The number of rotatable bonds is 4. The Morgan fingerprint density at radius 1 is 0.897 bits per heavy atom. The Morgan fingerprint density at radius 2 is 1.79 bits per heavy atom. The fourth-order valence-electron chi connectivity index (χ4n) is 22.2. The summed E-state index contributed by atoms with van der Waals surface area (Å²) in [5, 5.41) is 14.1. The first-order valence-corrected chi connectivity index (χ1v) is 28.2. The minimum Gasteiger partial charge on any atom is -0.508 e. The van der Waals surface area contributed by atoms with Crippen LogP contribution in [0.5, 0.6) is 0 Å². The van der Waals surface area contributed by atoms with Crippen molar-refractivity contribution < 1.29 is 24.2 Å². The summed E-state index contributed by atoms with van der Waals surface area (Å²) in [4.78, 5) is 37.6. The molecule has 68 heavy (non-hydrogen) atoms. The molecule has 4 saturated heterocycles. The van der Waals surface area contributed by atoms with Crippen molar-refractivity contribution >= 4 is 11.9 Å². The smallest absolute Gasteiger partial charge is 0.339 e. The molecule has 8 heteroatoms. The van der Waals surface area contributed by atoms with Crippen LogP contribution in [0.1, 0.15) is 144 Å². The lowest BCUT2D eigenvalue weighted by Crippen LogP contribution is -2.78. The van der Waals surface area contributed by atoms with E-state index in [1.54, 1.807) is 11.3 Å². The van der Waals surface area contributed by atoms with Gasteiger partial charge in [-0.05, 0) is 186 Å². The fourth-order valence-corrected chi connectivity index (χ4v) is 22.2. The zero-order valence-corrected chi connectivity index (χ0v) is 40.6. The first kappa shape index (κ1) is 41.0. The summed E-state index contributed by atoms with van der Waals surface area (Å²) in [7, 11) is 0. The van der Waals surface area contributed by atoms with Crippen LogP contribution in [0.25, 0.3) is 0 Å². The second-order valence-electron chi connectivity index (χ2n) is 26.3. The summed E-state index contributed by atoms with van der Waals surface area (Å²) in [5.74, 6) is 4.54. The average molecular weight is 916 g/mol. The second-order valence-corrected chi connectivity index (χ2v) is 26.3. The molecule has 7 heterocycles. The van der Waals surface area contributed by atoms with Gasteiger partial charge in [0, 0.05) is 60.2 Å². The number of fused-ring (bicyclic) bond motifs is 9. The molecule has 4 spiro atoms. The molecule has 19 unspecified atom stereocenters. The zero-order valence-electron chi connectivity index (χ0n) is 40.6. The number of aliphatic hydroxyl groups excluding tert-OH is 1. The Kier molecular flexibility index (Phi) is 8.24. The lowest BCUT2D eigenvalue weighted by atomic mass is 9.27. The van der Waals surface area contributed by atoms with Gasteiger partial charge in [-0.1, -0.05) is 73.9 Å². The van der Waals surface area contributed by atoms with E-state index in [1.807, 2.05) is 0 Å². The van der Waals surface area contributed by atoms with Crippen molar-refractivity contribution in [1.29, 1.82) is 0 Å². The number of allylic oxidation sites excluding steroid dienone is 6. The molecule has 0 aromatic heterocycles. The van der Waals surface area contributed by atoms with Crippen LogP contribution >= 0.6 is 0 Å². The molecular formula is C60H73N3O5. The first-order chi connectivity index (χ1) is 33.1. The van der Waals surface area contributed by atoms with Gasteiger partial charge in [0.05, 0.1) is 11.0 Å². The van der Waals surface area contributed by atoms with Gasteiger partial charge in [-0.3, -0.25) is 9.69 Å². The molecule has 19 atom stereocenters. The molecule has 0 radical (unpaired) electrons. The monoisotopic (exact) mass is 916 g/mol. The molecular weight excluding hydrogens is 843 g/mol. The van der Waals surface area contributed by atoms with Crippen molar-refractivity contribution in [3.05, 3.63) is 93.1 Å². The van der Waals surface area contributed by atoms with Crippen LogP contribution in [0.3, 0.4) is 0 Å². The molecule has 0 amide bonds. The van der Waals surface area contributed by atoms with E-state index in [-0.39, 0.29) is 41.7 Å². The van der Waals surface area contributed by atoms with E-state index in [0.29, 0.717) is 108 Å². The molecule has 7 fully saturated rings. The number of nitrogens with zero attached hydrogens (tertiary/aromatic N) is 2. The third-order valence-electron chi connectivity index (χ3n) is 24.0. The number of aliphatic hydroxyl groups is 1. The average Bonchev–Trinajstić information content (AvgIpc) is 3.97. The summed E-state index contributed by atoms with van der Waals surface area (Å²) in [6.07, 6.45) is 29.6. The van der Waals surface area contributed by atoms with Crippen molar-refractivity contribution in [2.24, 2.45) is 93.0 Å². The van der Waals surface area contributed by atoms with Gasteiger partial charge in [-0.2, -0.15) is 0 Å². The lowest BCUT2D eigenvalue weighted by molar-refractivity contribution is -0.281. The molecule has 3 saturated carbocycles. The largest absolute Gasteiger partial charge is 0.508 e. The van der Waals surface area contributed by atoms with Gasteiger partial charge in [-0.15, -0.1) is 0 Å². The second kappa shape index (κ2) is 13.7. The van der Waals surface area contributed by atoms with Gasteiger partial charge >= 0.3 is 11.9 Å². The highest BCUT2D eigenvalue weighted by atomic mass is 16.6. The van der Waals surface area contributed by atoms with Crippen LogP contribution < -0.4 is 5.73 Å². The normalized spacial score (nSPS) is 50.3. The van der Waals surface area contributed by atoms with Crippen molar-refractivity contribution in [2.75, 3.05) is 19.6 Å². The van der Waals surface area contributed by atoms with Crippen molar-refractivity contribution in [2.45, 2.75) is 153 Å². The Bertz CT molecular complexity index is 2640. The fraction of sp³-hybridized carbons (Fsp3) is 0.700. The predicted molar refractivity (Wildman–Crippen MR) is 258 cm³/mol. The SMILES string of the molecule is CC1C=CC2CC3C(C)CC4=C5C3C3=C2C26C(=O)OC(=C(O)C7CCC8C9CC(CN8C7C7CC8C=CC%10CCCC%10(C8)C7)C(CC4)N5C9)C2(CC3)C2(OC(=O)c3c(CCCN)cccc32)C6C1. The molecule has 8 nitrogen and oxygen atoms in total. The number of esters is 2. The molecule has 9 bridgehead atoms. The number of benzene rings is 1. The van der Waals surface area contributed by atoms with Gasteiger partial charge in [0.1, 0.15) is 11.2 Å². The molecule has 1 aromatic carbocycles. The summed E-state index contributed by atoms with van der Waals surface area (Å²) < 4.78 is 14.6. The quantitative estimate of drug-likeness (QED) is 0.227. The standard InChI is InChI=1S/C60H73N3O5/c1-31-10-12-35-26-43-32(2)23-36-13-16-45-38-25-39-30-63(45)52(36)49(43)41-18-20-58-54(53(64)42-15-17-46(39)62(29-38)51(42)37-24-33-11-14-40-8-4-19-57(40,27-33)28-37)67-56(66)59(58,50(35)41)47(22-31)60(58)44-9-3-6-34(7-5-21-61)48(44)55(65)68-60/h3,6,9-12,14,31-33,35,37-40,42-43,45-47,49,51,64H,4-5,7-8,13,15-30,61H2,1-2H3. The Balaban J connectivity index is 0.987. The highest BCUT2D eigenvalue weighted by molar-refractivity contribution is 6.00. The minimum absolute atomic E-state index is 0.0969. The number of hydrogen-bond donors (Lipinski definition) is 2. The van der Waals surface area contributed by atoms with E-state index >= 15 is 9.59 Å².